The smallest absolute Gasteiger partial charge is 0.417 e. The molecule has 114 valence electrons. The predicted molar refractivity (Wildman–Crippen MR) is 71.4 cm³/mol. The predicted octanol–water partition coefficient (Wildman–Crippen LogP) is 3.65. The van der Waals surface area contributed by atoms with E-state index in [9.17, 15) is 13.2 Å². The minimum Gasteiger partial charge on any atom is -0.475 e. The maximum Gasteiger partial charge on any atom is 0.417 e. The molecule has 0 N–H and O–H groups in total. The topological polar surface area (TPSA) is 39.9 Å². The van der Waals surface area contributed by atoms with Crippen LogP contribution in [0.2, 0.25) is 5.02 Å². The number of hydrogen-bond acceptors (Lipinski definition) is 3. The number of ether oxygens (including phenoxy) is 1. The van der Waals surface area contributed by atoms with Crippen molar-refractivity contribution >= 4 is 11.6 Å². The number of pyridine rings is 1. The number of rotatable bonds is 4. The van der Waals surface area contributed by atoms with Crippen molar-refractivity contribution in [1.82, 2.24) is 14.8 Å². The van der Waals surface area contributed by atoms with Gasteiger partial charge in [-0.15, -0.1) is 0 Å². The zero-order chi connectivity index (χ0) is 15.6. The van der Waals surface area contributed by atoms with E-state index in [4.69, 9.17) is 16.3 Å². The average molecular weight is 320 g/mol. The Hall–Kier alpha value is -1.76. The van der Waals surface area contributed by atoms with Crippen LogP contribution >= 0.6 is 11.6 Å². The zero-order valence-electron chi connectivity index (χ0n) is 11.4. The maximum absolute atomic E-state index is 12.5. The number of aromatic nitrogens is 3. The number of alkyl halides is 3. The molecule has 0 saturated heterocycles. The van der Waals surface area contributed by atoms with Gasteiger partial charge in [-0.1, -0.05) is 11.6 Å². The van der Waals surface area contributed by atoms with Gasteiger partial charge < -0.3 is 4.74 Å². The molecule has 0 saturated carbocycles. The third kappa shape index (κ3) is 3.87. The van der Waals surface area contributed by atoms with Crippen LogP contribution in [0.4, 0.5) is 13.2 Å². The fourth-order valence-electron chi connectivity index (χ4n) is 1.82. The maximum atomic E-state index is 12.5. The molecule has 8 heteroatoms. The first kappa shape index (κ1) is 15.6. The summed E-state index contributed by atoms with van der Waals surface area (Å²) in [6.45, 7) is 4.45. The van der Waals surface area contributed by atoms with Gasteiger partial charge in [0.05, 0.1) is 17.8 Å². The summed E-state index contributed by atoms with van der Waals surface area (Å²) in [5.41, 5.74) is 0.958. The fourth-order valence-corrected chi connectivity index (χ4v) is 2.04. The summed E-state index contributed by atoms with van der Waals surface area (Å²) < 4.78 is 44.5. The number of nitrogens with zero attached hydrogens (tertiary/aromatic N) is 3. The molecule has 0 fully saturated rings. The summed E-state index contributed by atoms with van der Waals surface area (Å²) in [6.07, 6.45) is -3.77. The summed E-state index contributed by atoms with van der Waals surface area (Å²) in [7, 11) is 0. The van der Waals surface area contributed by atoms with Crippen LogP contribution in [-0.4, -0.2) is 21.4 Å². The first-order valence-electron chi connectivity index (χ1n) is 6.14. The molecule has 4 nitrogen and oxygen atoms in total. The van der Waals surface area contributed by atoms with Crippen molar-refractivity contribution in [3.8, 4) is 5.88 Å². The molecule has 0 aliphatic rings. The Balaban J connectivity index is 1.99. The molecule has 2 heterocycles. The molecule has 0 atom stereocenters. The highest BCUT2D eigenvalue weighted by Crippen LogP contribution is 2.33. The van der Waals surface area contributed by atoms with Gasteiger partial charge in [-0.2, -0.15) is 18.3 Å². The van der Waals surface area contributed by atoms with Crippen LogP contribution in [0.1, 0.15) is 17.0 Å². The Kier molecular flexibility index (Phi) is 4.41. The Morgan fingerprint density at radius 3 is 2.52 bits per heavy atom. The lowest BCUT2D eigenvalue weighted by Gasteiger charge is -2.10. The van der Waals surface area contributed by atoms with E-state index in [0.717, 1.165) is 17.5 Å². The van der Waals surface area contributed by atoms with Gasteiger partial charge in [0.25, 0.3) is 0 Å². The largest absolute Gasteiger partial charge is 0.475 e. The standard InChI is InChI=1S/C13H13ClF3N3O/c1-8-5-9(2)20(19-8)3-4-21-12-11(14)6-10(7-18-12)13(15,16)17/h5-7H,3-4H2,1-2H3. The average Bonchev–Trinajstić information content (AvgIpc) is 2.68. The van der Waals surface area contributed by atoms with Crippen LogP contribution in [0, 0.1) is 13.8 Å². The van der Waals surface area contributed by atoms with E-state index >= 15 is 0 Å². The van der Waals surface area contributed by atoms with E-state index in [1.54, 1.807) is 4.68 Å². The molecule has 21 heavy (non-hydrogen) atoms. The number of hydrogen-bond donors (Lipinski definition) is 0. The minimum atomic E-state index is -4.47. The van der Waals surface area contributed by atoms with Gasteiger partial charge in [0.2, 0.25) is 5.88 Å². The molecule has 2 rings (SSSR count). The fraction of sp³-hybridized carbons (Fsp3) is 0.385. The van der Waals surface area contributed by atoms with Crippen molar-refractivity contribution in [1.29, 1.82) is 0 Å². The quantitative estimate of drug-likeness (QED) is 0.863. The van der Waals surface area contributed by atoms with Crippen LogP contribution in [0.15, 0.2) is 18.3 Å². The second-order valence-electron chi connectivity index (χ2n) is 4.51. The summed E-state index contributed by atoms with van der Waals surface area (Å²) in [4.78, 5) is 3.60. The summed E-state index contributed by atoms with van der Waals surface area (Å²) in [5.74, 6) is -0.0220. The molecule has 0 amide bonds. The van der Waals surface area contributed by atoms with Crippen molar-refractivity contribution in [3.63, 3.8) is 0 Å². The second-order valence-corrected chi connectivity index (χ2v) is 4.91. The van der Waals surface area contributed by atoms with E-state index in [1.165, 1.54) is 0 Å². The van der Waals surface area contributed by atoms with Gasteiger partial charge in [-0.3, -0.25) is 4.68 Å². The molecule has 0 aliphatic carbocycles. The van der Waals surface area contributed by atoms with Crippen LogP contribution in [-0.2, 0) is 12.7 Å². The van der Waals surface area contributed by atoms with Crippen molar-refractivity contribution in [2.75, 3.05) is 6.61 Å². The van der Waals surface area contributed by atoms with Gasteiger partial charge in [0.15, 0.2) is 0 Å². The van der Waals surface area contributed by atoms with Gasteiger partial charge >= 0.3 is 6.18 Å². The first-order chi connectivity index (χ1) is 9.77. The molecule has 0 aromatic carbocycles. The van der Waals surface area contributed by atoms with Gasteiger partial charge in [0, 0.05) is 11.9 Å². The third-order valence-electron chi connectivity index (χ3n) is 2.78. The lowest BCUT2D eigenvalue weighted by Crippen LogP contribution is -2.12. The third-order valence-corrected chi connectivity index (χ3v) is 3.05. The molecular weight excluding hydrogens is 307 g/mol. The molecular formula is C13H13ClF3N3O. The number of aryl methyl sites for hydroxylation is 2. The summed E-state index contributed by atoms with van der Waals surface area (Å²) in [6, 6.07) is 2.72. The molecule has 2 aromatic rings. The van der Waals surface area contributed by atoms with Crippen molar-refractivity contribution < 1.29 is 17.9 Å². The first-order valence-corrected chi connectivity index (χ1v) is 6.52. The minimum absolute atomic E-state index is 0.0220. The van der Waals surface area contributed by atoms with E-state index in [2.05, 4.69) is 10.1 Å². The van der Waals surface area contributed by atoms with Crippen molar-refractivity contribution in [2.45, 2.75) is 26.6 Å². The van der Waals surface area contributed by atoms with E-state index in [-0.39, 0.29) is 17.5 Å². The second kappa shape index (κ2) is 5.93. The van der Waals surface area contributed by atoms with Crippen molar-refractivity contribution in [3.05, 3.63) is 40.3 Å². The van der Waals surface area contributed by atoms with Gasteiger partial charge in [-0.05, 0) is 26.0 Å². The summed E-state index contributed by atoms with van der Waals surface area (Å²) in [5, 5.41) is 4.08. The molecule has 2 aromatic heterocycles. The Morgan fingerprint density at radius 2 is 2.00 bits per heavy atom. The lowest BCUT2D eigenvalue weighted by molar-refractivity contribution is -0.137. The number of halogens is 4. The van der Waals surface area contributed by atoms with Crippen LogP contribution in [0.3, 0.4) is 0 Å². The highest BCUT2D eigenvalue weighted by molar-refractivity contribution is 6.31. The zero-order valence-corrected chi connectivity index (χ0v) is 12.2. The molecule has 0 aliphatic heterocycles. The monoisotopic (exact) mass is 319 g/mol. The Morgan fingerprint density at radius 1 is 1.29 bits per heavy atom. The van der Waals surface area contributed by atoms with Crippen LogP contribution < -0.4 is 4.74 Å². The molecule has 0 unspecified atom stereocenters. The summed E-state index contributed by atoms with van der Waals surface area (Å²) >= 11 is 5.74. The lowest BCUT2D eigenvalue weighted by atomic mass is 10.3. The van der Waals surface area contributed by atoms with Gasteiger partial charge in [-0.25, -0.2) is 4.98 Å². The van der Waals surface area contributed by atoms with E-state index in [0.29, 0.717) is 12.7 Å². The molecule has 0 bridgehead atoms. The normalized spacial score (nSPS) is 11.7. The van der Waals surface area contributed by atoms with Gasteiger partial charge in [0.1, 0.15) is 11.6 Å². The van der Waals surface area contributed by atoms with Crippen LogP contribution in [0.5, 0.6) is 5.88 Å². The van der Waals surface area contributed by atoms with E-state index in [1.807, 2.05) is 19.9 Å². The SMILES string of the molecule is Cc1cc(C)n(CCOc2ncc(C(F)(F)F)cc2Cl)n1. The van der Waals surface area contributed by atoms with E-state index < -0.39 is 11.7 Å². The Labute approximate surface area is 124 Å². The highest BCUT2D eigenvalue weighted by atomic mass is 35.5. The van der Waals surface area contributed by atoms with Crippen molar-refractivity contribution in [2.24, 2.45) is 0 Å². The Bertz CT molecular complexity index is 640. The van der Waals surface area contributed by atoms with Crippen LogP contribution in [0.25, 0.3) is 0 Å². The highest BCUT2D eigenvalue weighted by Gasteiger charge is 2.31. The molecule has 0 spiro atoms. The molecule has 0 radical (unpaired) electrons.